The standard InChI is InChI=1S/C31H34N6O6/c1-21-28(34-20-43-21)31(40)37-13-6-16-42-26-18-23(9-10-25(26)41-2)29-32-11-14-36(29)15-12-33-30(39)24(35-27(38)19-37)17-22-7-4-3-5-8-22/h3-5,7-11,14,18,20,24H,6,12-13,15-17,19H2,1-2H3,(H,33,39)(H,35,38)/t24-/m0/s1. The third-order valence-electron chi connectivity index (χ3n) is 7.12. The average Bonchev–Trinajstić information content (AvgIpc) is 3.66. The Hall–Kier alpha value is -5.13. The van der Waals surface area contributed by atoms with Gasteiger partial charge < -0.3 is 34.0 Å². The number of methoxy groups -OCH3 is 1. The molecule has 0 spiro atoms. The molecule has 0 unspecified atom stereocenters. The van der Waals surface area contributed by atoms with Crippen LogP contribution in [-0.2, 0) is 22.6 Å². The van der Waals surface area contributed by atoms with Crippen molar-refractivity contribution in [1.29, 1.82) is 0 Å². The van der Waals surface area contributed by atoms with Crippen molar-refractivity contribution in [2.75, 3.05) is 33.4 Å². The molecule has 5 rings (SSSR count). The maximum absolute atomic E-state index is 13.4. The first-order valence-corrected chi connectivity index (χ1v) is 14.1. The van der Waals surface area contributed by atoms with E-state index in [0.29, 0.717) is 42.6 Å². The molecule has 3 amide bonds. The normalized spacial score (nSPS) is 16.6. The Morgan fingerprint density at radius 1 is 1.12 bits per heavy atom. The Balaban J connectivity index is 1.44. The number of hydrogen-bond donors (Lipinski definition) is 2. The Kier molecular flexibility index (Phi) is 9.35. The lowest BCUT2D eigenvalue weighted by molar-refractivity contribution is -0.129. The molecule has 224 valence electrons. The van der Waals surface area contributed by atoms with Crippen LogP contribution in [0.3, 0.4) is 0 Å². The molecule has 0 saturated carbocycles. The van der Waals surface area contributed by atoms with E-state index in [0.717, 1.165) is 11.1 Å². The average molecular weight is 587 g/mol. The van der Waals surface area contributed by atoms with Gasteiger partial charge in [-0.1, -0.05) is 30.3 Å². The Morgan fingerprint density at radius 2 is 1.95 bits per heavy atom. The van der Waals surface area contributed by atoms with Crippen molar-refractivity contribution in [3.63, 3.8) is 0 Å². The van der Waals surface area contributed by atoms with Gasteiger partial charge >= 0.3 is 0 Å². The molecule has 1 aliphatic rings. The molecule has 12 heteroatoms. The molecule has 1 atom stereocenters. The van der Waals surface area contributed by atoms with E-state index in [1.165, 1.54) is 11.3 Å². The number of benzene rings is 2. The van der Waals surface area contributed by atoms with Gasteiger partial charge in [0.1, 0.15) is 17.6 Å². The molecule has 1 aliphatic heterocycles. The number of ether oxygens (including phenoxy) is 2. The van der Waals surface area contributed by atoms with Crippen LogP contribution in [0.2, 0.25) is 0 Å². The quantitative estimate of drug-likeness (QED) is 0.372. The molecule has 0 aliphatic carbocycles. The van der Waals surface area contributed by atoms with Crippen LogP contribution in [0.4, 0.5) is 0 Å². The van der Waals surface area contributed by atoms with Gasteiger partial charge in [-0.05, 0) is 37.1 Å². The van der Waals surface area contributed by atoms with Gasteiger partial charge in [0.2, 0.25) is 11.8 Å². The van der Waals surface area contributed by atoms with Crippen LogP contribution in [-0.4, -0.2) is 76.5 Å². The van der Waals surface area contributed by atoms with E-state index in [9.17, 15) is 14.4 Å². The summed E-state index contributed by atoms with van der Waals surface area (Å²) < 4.78 is 18.7. The van der Waals surface area contributed by atoms with E-state index < -0.39 is 17.9 Å². The summed E-state index contributed by atoms with van der Waals surface area (Å²) in [6.45, 7) is 2.56. The van der Waals surface area contributed by atoms with Crippen LogP contribution in [0.15, 0.2) is 71.7 Å². The molecule has 0 fully saturated rings. The van der Waals surface area contributed by atoms with Crippen molar-refractivity contribution in [3.8, 4) is 22.9 Å². The lowest BCUT2D eigenvalue weighted by atomic mass is 10.1. The molecule has 2 aromatic carbocycles. The van der Waals surface area contributed by atoms with Crippen molar-refractivity contribution in [1.82, 2.24) is 30.1 Å². The second kappa shape index (κ2) is 13.7. The summed E-state index contributed by atoms with van der Waals surface area (Å²) in [5, 5.41) is 5.79. The summed E-state index contributed by atoms with van der Waals surface area (Å²) in [5.74, 6) is 0.879. The molecule has 12 nitrogen and oxygen atoms in total. The van der Waals surface area contributed by atoms with Crippen molar-refractivity contribution in [3.05, 3.63) is 84.3 Å². The summed E-state index contributed by atoms with van der Waals surface area (Å²) in [5.41, 5.74) is 1.83. The number of nitrogens with one attached hydrogen (secondary N) is 2. The number of fused-ring (bicyclic) bond motifs is 4. The van der Waals surface area contributed by atoms with Crippen molar-refractivity contribution in [2.45, 2.75) is 32.4 Å². The van der Waals surface area contributed by atoms with Gasteiger partial charge in [-0.2, -0.15) is 0 Å². The number of amides is 3. The molecule has 43 heavy (non-hydrogen) atoms. The van der Waals surface area contributed by atoms with Gasteiger partial charge in [-0.25, -0.2) is 9.97 Å². The van der Waals surface area contributed by atoms with E-state index in [-0.39, 0.29) is 37.7 Å². The first kappa shape index (κ1) is 29.4. The highest BCUT2D eigenvalue weighted by Crippen LogP contribution is 2.32. The zero-order valence-electron chi connectivity index (χ0n) is 24.1. The lowest BCUT2D eigenvalue weighted by Gasteiger charge is -2.24. The fourth-order valence-electron chi connectivity index (χ4n) is 4.92. The zero-order valence-corrected chi connectivity index (χ0v) is 24.1. The molecule has 3 heterocycles. The van der Waals surface area contributed by atoms with Gasteiger partial charge in [-0.3, -0.25) is 14.4 Å². The highest BCUT2D eigenvalue weighted by atomic mass is 16.5. The van der Waals surface area contributed by atoms with Crippen molar-refractivity contribution < 1.29 is 28.3 Å². The number of hydrogen-bond acceptors (Lipinski definition) is 8. The number of imidazole rings is 1. The number of aromatic nitrogens is 3. The van der Waals surface area contributed by atoms with Crippen molar-refractivity contribution in [2.24, 2.45) is 0 Å². The maximum Gasteiger partial charge on any atom is 0.276 e. The second-order valence-corrected chi connectivity index (χ2v) is 10.1. The van der Waals surface area contributed by atoms with E-state index in [4.69, 9.17) is 13.9 Å². The van der Waals surface area contributed by atoms with Crippen LogP contribution in [0.5, 0.6) is 11.5 Å². The predicted octanol–water partition coefficient (Wildman–Crippen LogP) is 2.62. The van der Waals surface area contributed by atoms with Gasteiger partial charge in [0, 0.05) is 44.0 Å². The SMILES string of the molecule is COc1ccc2cc1OCCCN(C(=O)c1ncoc1C)CC(=O)N[C@@H](Cc1ccccc1)C(=O)NCCn1ccnc1-2. The van der Waals surface area contributed by atoms with E-state index in [1.54, 1.807) is 20.2 Å². The summed E-state index contributed by atoms with van der Waals surface area (Å²) in [4.78, 5) is 50.1. The summed E-state index contributed by atoms with van der Waals surface area (Å²) >= 11 is 0. The Labute approximate surface area is 249 Å². The van der Waals surface area contributed by atoms with E-state index in [1.807, 2.05) is 59.3 Å². The fourth-order valence-corrected chi connectivity index (χ4v) is 4.92. The van der Waals surface area contributed by atoms with Crippen LogP contribution in [0.1, 0.15) is 28.2 Å². The largest absolute Gasteiger partial charge is 0.493 e. The Bertz CT molecular complexity index is 1570. The maximum atomic E-state index is 13.4. The predicted molar refractivity (Wildman–Crippen MR) is 157 cm³/mol. The minimum absolute atomic E-state index is 0.124. The molecular weight excluding hydrogens is 552 g/mol. The topological polar surface area (TPSA) is 141 Å². The second-order valence-electron chi connectivity index (χ2n) is 10.1. The van der Waals surface area contributed by atoms with Crippen LogP contribution in [0, 0.1) is 6.92 Å². The van der Waals surface area contributed by atoms with Gasteiger partial charge in [-0.15, -0.1) is 0 Å². The number of carbonyl (C=O) groups is 3. The number of carbonyl (C=O) groups excluding carboxylic acids is 3. The van der Waals surface area contributed by atoms with E-state index in [2.05, 4.69) is 20.6 Å². The number of aryl methyl sites for hydroxylation is 1. The van der Waals surface area contributed by atoms with Crippen LogP contribution >= 0.6 is 0 Å². The number of oxazole rings is 1. The third kappa shape index (κ3) is 7.21. The smallest absolute Gasteiger partial charge is 0.276 e. The number of nitrogens with zero attached hydrogens (tertiary/aromatic N) is 4. The highest BCUT2D eigenvalue weighted by molar-refractivity contribution is 5.96. The van der Waals surface area contributed by atoms with Crippen LogP contribution in [0.25, 0.3) is 11.4 Å². The molecule has 4 aromatic rings. The lowest BCUT2D eigenvalue weighted by Crippen LogP contribution is -2.51. The van der Waals surface area contributed by atoms with Gasteiger partial charge in [0.25, 0.3) is 5.91 Å². The third-order valence-corrected chi connectivity index (χ3v) is 7.12. The zero-order chi connectivity index (χ0) is 30.2. The first-order chi connectivity index (χ1) is 20.9. The fraction of sp³-hybridized carbons (Fsp3) is 0.323. The monoisotopic (exact) mass is 586 g/mol. The molecular formula is C31H34N6O6. The molecule has 2 N–H and O–H groups in total. The molecule has 2 bridgehead atoms. The highest BCUT2D eigenvalue weighted by Gasteiger charge is 2.26. The van der Waals surface area contributed by atoms with Gasteiger partial charge in [0.05, 0.1) is 20.3 Å². The van der Waals surface area contributed by atoms with Crippen LogP contribution < -0.4 is 20.1 Å². The van der Waals surface area contributed by atoms with Crippen molar-refractivity contribution >= 4 is 17.7 Å². The minimum atomic E-state index is -0.853. The molecule has 0 radical (unpaired) electrons. The molecule has 2 aromatic heterocycles. The summed E-state index contributed by atoms with van der Waals surface area (Å²) in [6.07, 6.45) is 5.43. The van der Waals surface area contributed by atoms with E-state index >= 15 is 0 Å². The molecule has 0 saturated heterocycles. The summed E-state index contributed by atoms with van der Waals surface area (Å²) in [6, 6.07) is 14.1. The Morgan fingerprint density at radius 3 is 2.72 bits per heavy atom. The summed E-state index contributed by atoms with van der Waals surface area (Å²) in [7, 11) is 1.56. The van der Waals surface area contributed by atoms with Gasteiger partial charge in [0.15, 0.2) is 23.6 Å². The number of rotatable bonds is 4. The first-order valence-electron chi connectivity index (χ1n) is 14.1. The minimum Gasteiger partial charge on any atom is -0.493 e.